The van der Waals surface area contributed by atoms with Gasteiger partial charge in [-0.2, -0.15) is 5.10 Å². The number of nitrogens with one attached hydrogen (secondary N) is 2. The lowest BCUT2D eigenvalue weighted by molar-refractivity contribution is -0.144. The number of aryl methyl sites for hydroxylation is 1. The maximum absolute atomic E-state index is 12.3. The van der Waals surface area contributed by atoms with E-state index in [9.17, 15) is 14.4 Å². The maximum atomic E-state index is 12.3. The predicted octanol–water partition coefficient (Wildman–Crippen LogP) is 1.09. The van der Waals surface area contributed by atoms with Crippen molar-refractivity contribution in [3.05, 3.63) is 50.8 Å². The number of nitrogens with zero attached hydrogens (tertiary/aromatic N) is 3. The summed E-state index contributed by atoms with van der Waals surface area (Å²) < 4.78 is 11.4. The van der Waals surface area contributed by atoms with Crippen LogP contribution in [0, 0.1) is 0 Å². The molecule has 29 heavy (non-hydrogen) atoms. The fourth-order valence-electron chi connectivity index (χ4n) is 3.50. The molecule has 0 aliphatic heterocycles. The van der Waals surface area contributed by atoms with Gasteiger partial charge in [-0.1, -0.05) is 0 Å². The van der Waals surface area contributed by atoms with Crippen LogP contribution < -0.4 is 5.56 Å². The Kier molecular flexibility index (Phi) is 5.15. The van der Waals surface area contributed by atoms with Crippen LogP contribution in [-0.4, -0.2) is 43.3 Å². The number of carbonyl (C=O) groups is 2. The molecule has 0 fully saturated rings. The first kappa shape index (κ1) is 18.9. The molecule has 0 unspecified atom stereocenters. The largest absolute Gasteiger partial charge is 0.462 e. The van der Waals surface area contributed by atoms with Gasteiger partial charge < -0.3 is 9.47 Å². The number of carbonyl (C=O) groups excluding carboxylic acids is 2. The van der Waals surface area contributed by atoms with E-state index in [-0.39, 0.29) is 36.5 Å². The fraction of sp³-hybridized carbons (Fsp3) is 0.421. The lowest BCUT2D eigenvalue weighted by Gasteiger charge is -2.11. The average molecular weight is 399 g/mol. The molecule has 0 aromatic carbocycles. The summed E-state index contributed by atoms with van der Waals surface area (Å²) >= 11 is 0. The van der Waals surface area contributed by atoms with Gasteiger partial charge in [0.2, 0.25) is 0 Å². The highest BCUT2D eigenvalue weighted by Crippen LogP contribution is 2.22. The van der Waals surface area contributed by atoms with Gasteiger partial charge in [-0.15, -0.1) is 0 Å². The minimum Gasteiger partial charge on any atom is -0.462 e. The summed E-state index contributed by atoms with van der Waals surface area (Å²) in [5.74, 6) is -1.04. The van der Waals surface area contributed by atoms with Crippen LogP contribution in [0.25, 0.3) is 5.65 Å². The highest BCUT2D eigenvalue weighted by molar-refractivity contribution is 5.95. The van der Waals surface area contributed by atoms with Gasteiger partial charge in [0.15, 0.2) is 5.65 Å². The fourth-order valence-corrected chi connectivity index (χ4v) is 3.50. The summed E-state index contributed by atoms with van der Waals surface area (Å²) in [6.07, 6.45) is 5.49. The van der Waals surface area contributed by atoms with E-state index in [1.54, 1.807) is 6.92 Å². The summed E-state index contributed by atoms with van der Waals surface area (Å²) in [6.45, 7) is 1.72. The van der Waals surface area contributed by atoms with Gasteiger partial charge in [0, 0.05) is 18.0 Å². The Morgan fingerprint density at radius 3 is 2.90 bits per heavy atom. The second-order valence-electron chi connectivity index (χ2n) is 6.82. The molecule has 0 bridgehead atoms. The van der Waals surface area contributed by atoms with Crippen molar-refractivity contribution in [1.29, 1.82) is 0 Å². The molecule has 0 amide bonds. The van der Waals surface area contributed by atoms with Gasteiger partial charge in [-0.05, 0) is 38.2 Å². The summed E-state index contributed by atoms with van der Waals surface area (Å²) in [7, 11) is 0. The monoisotopic (exact) mass is 399 g/mol. The average Bonchev–Trinajstić information content (AvgIpc) is 3.32. The van der Waals surface area contributed by atoms with Crippen molar-refractivity contribution >= 4 is 17.6 Å². The molecule has 2 N–H and O–H groups in total. The number of aromatic amines is 2. The van der Waals surface area contributed by atoms with Crippen LogP contribution in [0.2, 0.25) is 0 Å². The normalized spacial score (nSPS) is 13.3. The summed E-state index contributed by atoms with van der Waals surface area (Å²) in [4.78, 5) is 40.8. The molecule has 3 aromatic rings. The van der Waals surface area contributed by atoms with Gasteiger partial charge in [0.25, 0.3) is 5.56 Å². The molecule has 0 saturated carbocycles. The van der Waals surface area contributed by atoms with Crippen molar-refractivity contribution in [2.45, 2.75) is 45.6 Å². The van der Waals surface area contributed by atoms with Crippen molar-refractivity contribution in [3.63, 3.8) is 0 Å². The molecule has 3 aromatic heterocycles. The Bertz CT molecular complexity index is 1130. The first-order valence-corrected chi connectivity index (χ1v) is 9.54. The minimum absolute atomic E-state index is 0.0608. The van der Waals surface area contributed by atoms with Crippen LogP contribution in [0.15, 0.2) is 17.1 Å². The molecule has 1 aliphatic carbocycles. The van der Waals surface area contributed by atoms with Crippen molar-refractivity contribution in [1.82, 2.24) is 24.8 Å². The van der Waals surface area contributed by atoms with E-state index < -0.39 is 17.5 Å². The van der Waals surface area contributed by atoms with Gasteiger partial charge >= 0.3 is 11.9 Å². The van der Waals surface area contributed by atoms with Crippen LogP contribution in [0.5, 0.6) is 0 Å². The quantitative estimate of drug-likeness (QED) is 0.593. The molecule has 3 heterocycles. The molecular formula is C19H21N5O5. The third kappa shape index (κ3) is 3.78. The molecule has 1 aliphatic rings. The third-order valence-electron chi connectivity index (χ3n) is 4.88. The summed E-state index contributed by atoms with van der Waals surface area (Å²) in [6, 6.07) is 1.25. The van der Waals surface area contributed by atoms with Crippen molar-refractivity contribution in [2.75, 3.05) is 6.61 Å². The second kappa shape index (κ2) is 7.90. The maximum Gasteiger partial charge on any atom is 0.343 e. The summed E-state index contributed by atoms with van der Waals surface area (Å²) in [5, 5.41) is 9.90. The van der Waals surface area contributed by atoms with Crippen LogP contribution in [0.4, 0.5) is 0 Å². The zero-order valence-corrected chi connectivity index (χ0v) is 16.0. The Morgan fingerprint density at radius 1 is 1.24 bits per heavy atom. The molecular weight excluding hydrogens is 378 g/mol. The van der Waals surface area contributed by atoms with E-state index >= 15 is 0 Å². The smallest absolute Gasteiger partial charge is 0.343 e. The predicted molar refractivity (Wildman–Crippen MR) is 100 cm³/mol. The molecule has 10 nitrogen and oxygen atoms in total. The van der Waals surface area contributed by atoms with Crippen LogP contribution >= 0.6 is 0 Å². The number of aromatic nitrogens is 5. The molecule has 0 atom stereocenters. The molecule has 4 rings (SSSR count). The molecule has 0 spiro atoms. The molecule has 10 heteroatoms. The first-order valence-electron chi connectivity index (χ1n) is 9.54. The lowest BCUT2D eigenvalue weighted by atomic mass is 9.95. The Hall–Kier alpha value is -3.43. The van der Waals surface area contributed by atoms with Gasteiger partial charge in [0.1, 0.15) is 12.2 Å². The highest BCUT2D eigenvalue weighted by atomic mass is 16.5. The van der Waals surface area contributed by atoms with Crippen molar-refractivity contribution in [2.24, 2.45) is 0 Å². The number of H-pyrrole nitrogens is 2. The van der Waals surface area contributed by atoms with E-state index in [0.717, 1.165) is 41.5 Å². The zero-order chi connectivity index (χ0) is 20.4. The van der Waals surface area contributed by atoms with Gasteiger partial charge in [-0.3, -0.25) is 19.8 Å². The first-order chi connectivity index (χ1) is 14.1. The van der Waals surface area contributed by atoms with E-state index in [1.165, 1.54) is 12.3 Å². The number of rotatable bonds is 6. The molecule has 152 valence electrons. The standard InChI is InChI=1S/C19H21N5O5/c1-2-28-19(27)13-9-20-24-16(25)7-11(21-18(13)24)10-29-17(26)8-15-12-5-3-4-6-14(12)22-23-15/h7,9,20H,2-6,8,10H2,1H3,(H,22,23). The lowest BCUT2D eigenvalue weighted by Crippen LogP contribution is -2.18. The molecule has 0 saturated heterocycles. The van der Waals surface area contributed by atoms with Crippen LogP contribution in [-0.2, 0) is 40.1 Å². The van der Waals surface area contributed by atoms with Gasteiger partial charge in [0.05, 0.1) is 24.4 Å². The number of hydrogen-bond acceptors (Lipinski definition) is 7. The SMILES string of the molecule is CCOC(=O)c1c[nH]n2c(=O)cc(COC(=O)Cc3n[nH]c4c3CCCC4)nc12. The van der Waals surface area contributed by atoms with Crippen molar-refractivity contribution in [3.8, 4) is 0 Å². The third-order valence-corrected chi connectivity index (χ3v) is 4.88. The Labute approximate surface area is 165 Å². The van der Waals surface area contributed by atoms with E-state index in [2.05, 4.69) is 20.3 Å². The Balaban J connectivity index is 1.47. The molecule has 0 radical (unpaired) electrons. The minimum atomic E-state index is -0.587. The van der Waals surface area contributed by atoms with Gasteiger partial charge in [-0.25, -0.2) is 14.3 Å². The second-order valence-corrected chi connectivity index (χ2v) is 6.82. The van der Waals surface area contributed by atoms with E-state index in [4.69, 9.17) is 9.47 Å². The van der Waals surface area contributed by atoms with Crippen LogP contribution in [0.3, 0.4) is 0 Å². The number of esters is 2. The van der Waals surface area contributed by atoms with Crippen molar-refractivity contribution < 1.29 is 19.1 Å². The topological polar surface area (TPSA) is 131 Å². The van der Waals surface area contributed by atoms with E-state index in [0.29, 0.717) is 5.69 Å². The van der Waals surface area contributed by atoms with E-state index in [1.807, 2.05) is 0 Å². The Morgan fingerprint density at radius 2 is 2.07 bits per heavy atom. The number of ether oxygens (including phenoxy) is 2. The zero-order valence-electron chi connectivity index (χ0n) is 16.0. The van der Waals surface area contributed by atoms with Crippen LogP contribution in [0.1, 0.15) is 52.8 Å². The summed E-state index contributed by atoms with van der Waals surface area (Å²) in [5.41, 5.74) is 3.01. The number of hydrogen-bond donors (Lipinski definition) is 2. The highest BCUT2D eigenvalue weighted by Gasteiger charge is 2.20. The number of fused-ring (bicyclic) bond motifs is 2.